The molecular weight excluding hydrogens is 194 g/mol. The smallest absolute Gasteiger partial charge is 0.262 e. The summed E-state index contributed by atoms with van der Waals surface area (Å²) >= 11 is 0. The van der Waals surface area contributed by atoms with E-state index in [0.717, 1.165) is 6.42 Å². The van der Waals surface area contributed by atoms with Gasteiger partial charge >= 0.3 is 5.69 Å². The van der Waals surface area contributed by atoms with Crippen LogP contribution in [0.3, 0.4) is 0 Å². The lowest BCUT2D eigenvalue weighted by atomic mass is 9.86. The Morgan fingerprint density at radius 1 is 1.53 bits per heavy atom. The predicted octanol–water partition coefficient (Wildman–Crippen LogP) is 2.54. The summed E-state index contributed by atoms with van der Waals surface area (Å²) in [6, 6.07) is 0.340. The van der Waals surface area contributed by atoms with E-state index in [0.29, 0.717) is 12.0 Å². The van der Waals surface area contributed by atoms with Crippen LogP contribution < -0.4 is 0 Å². The third kappa shape index (κ3) is 2.00. The molecule has 1 fully saturated rings. The molecule has 2 unspecified atom stereocenters. The van der Waals surface area contributed by atoms with Crippen molar-refractivity contribution < 1.29 is 4.92 Å². The van der Waals surface area contributed by atoms with E-state index in [1.54, 1.807) is 10.9 Å². The zero-order valence-corrected chi connectivity index (χ0v) is 8.80. The first-order valence-corrected chi connectivity index (χ1v) is 5.37. The molecular formula is C10H15N3O2. The van der Waals surface area contributed by atoms with Gasteiger partial charge in [-0.1, -0.05) is 19.8 Å². The van der Waals surface area contributed by atoms with Crippen molar-refractivity contribution in [1.29, 1.82) is 0 Å². The van der Waals surface area contributed by atoms with Gasteiger partial charge in [0.1, 0.15) is 12.4 Å². The van der Waals surface area contributed by atoms with Crippen molar-refractivity contribution >= 4 is 5.69 Å². The Bertz CT molecular complexity index is 361. The molecule has 0 saturated heterocycles. The van der Waals surface area contributed by atoms with Gasteiger partial charge in [0.25, 0.3) is 0 Å². The molecule has 5 nitrogen and oxygen atoms in total. The quantitative estimate of drug-likeness (QED) is 0.555. The molecule has 0 bridgehead atoms. The molecule has 1 heterocycles. The van der Waals surface area contributed by atoms with Gasteiger partial charge in [-0.3, -0.25) is 14.8 Å². The van der Waals surface area contributed by atoms with Crippen LogP contribution in [0.1, 0.15) is 38.6 Å². The summed E-state index contributed by atoms with van der Waals surface area (Å²) < 4.78 is 1.77. The van der Waals surface area contributed by atoms with E-state index in [1.165, 1.54) is 25.5 Å². The van der Waals surface area contributed by atoms with Crippen LogP contribution in [0.4, 0.5) is 5.69 Å². The number of hydrogen-bond donors (Lipinski definition) is 0. The Labute approximate surface area is 88.2 Å². The zero-order chi connectivity index (χ0) is 10.8. The van der Waals surface area contributed by atoms with Crippen molar-refractivity contribution in [2.24, 2.45) is 5.92 Å². The third-order valence-electron chi connectivity index (χ3n) is 3.20. The van der Waals surface area contributed by atoms with Crippen LogP contribution in [0.2, 0.25) is 0 Å². The molecule has 0 N–H and O–H groups in total. The first-order chi connectivity index (χ1) is 7.18. The van der Waals surface area contributed by atoms with Gasteiger partial charge in [0.2, 0.25) is 0 Å². The molecule has 82 valence electrons. The molecule has 1 aromatic rings. The Balaban J connectivity index is 2.17. The fraction of sp³-hybridized carbons (Fsp3) is 0.700. The highest BCUT2D eigenvalue weighted by Gasteiger charge is 2.24. The van der Waals surface area contributed by atoms with Gasteiger partial charge in [-0.2, -0.15) is 5.10 Å². The highest BCUT2D eigenvalue weighted by molar-refractivity contribution is 5.21. The standard InChI is InChI=1S/C10H15N3O2/c1-8-4-2-3-5-10(8)12-7-9(6-11-12)13(14)15/h6-8,10H,2-5H2,1H3. The molecule has 0 aliphatic heterocycles. The average Bonchev–Trinajstić information content (AvgIpc) is 2.67. The van der Waals surface area contributed by atoms with Crippen LogP contribution in [-0.2, 0) is 0 Å². The molecule has 1 aromatic heterocycles. The second-order valence-electron chi connectivity index (χ2n) is 4.26. The molecule has 5 heteroatoms. The minimum Gasteiger partial charge on any atom is -0.262 e. The lowest BCUT2D eigenvalue weighted by Crippen LogP contribution is -2.21. The summed E-state index contributed by atoms with van der Waals surface area (Å²) in [5.74, 6) is 0.568. The molecule has 1 saturated carbocycles. The molecule has 1 aliphatic rings. The maximum atomic E-state index is 10.5. The van der Waals surface area contributed by atoms with Crippen LogP contribution in [0.5, 0.6) is 0 Å². The maximum absolute atomic E-state index is 10.5. The van der Waals surface area contributed by atoms with E-state index in [9.17, 15) is 10.1 Å². The summed E-state index contributed by atoms with van der Waals surface area (Å²) in [5, 5.41) is 14.6. The molecule has 15 heavy (non-hydrogen) atoms. The number of hydrogen-bond acceptors (Lipinski definition) is 3. The Morgan fingerprint density at radius 2 is 2.27 bits per heavy atom. The SMILES string of the molecule is CC1CCCCC1n1cc([N+](=O)[O-])cn1. The van der Waals surface area contributed by atoms with E-state index >= 15 is 0 Å². The topological polar surface area (TPSA) is 61.0 Å². The second-order valence-corrected chi connectivity index (χ2v) is 4.26. The summed E-state index contributed by atoms with van der Waals surface area (Å²) in [6.45, 7) is 2.19. The summed E-state index contributed by atoms with van der Waals surface area (Å²) in [4.78, 5) is 10.1. The van der Waals surface area contributed by atoms with Gasteiger partial charge in [0.15, 0.2) is 0 Å². The highest BCUT2D eigenvalue weighted by Crippen LogP contribution is 2.33. The van der Waals surface area contributed by atoms with Crippen LogP contribution in [0.15, 0.2) is 12.4 Å². The zero-order valence-electron chi connectivity index (χ0n) is 8.80. The normalized spacial score (nSPS) is 26.5. The van der Waals surface area contributed by atoms with Crippen molar-refractivity contribution in [3.63, 3.8) is 0 Å². The van der Waals surface area contributed by atoms with Gasteiger partial charge in [0, 0.05) is 0 Å². The summed E-state index contributed by atoms with van der Waals surface area (Å²) in [6.07, 6.45) is 7.62. The summed E-state index contributed by atoms with van der Waals surface area (Å²) in [5.41, 5.74) is 0.0905. The van der Waals surface area contributed by atoms with Crippen LogP contribution in [0.25, 0.3) is 0 Å². The van der Waals surface area contributed by atoms with Gasteiger partial charge in [-0.05, 0) is 18.8 Å². The largest absolute Gasteiger partial charge is 0.307 e. The molecule has 2 rings (SSSR count). The van der Waals surface area contributed by atoms with E-state index in [-0.39, 0.29) is 5.69 Å². The molecule has 2 atom stereocenters. The molecule has 0 amide bonds. The summed E-state index contributed by atoms with van der Waals surface area (Å²) in [7, 11) is 0. The van der Waals surface area contributed by atoms with E-state index < -0.39 is 4.92 Å². The molecule has 0 aromatic carbocycles. The molecule has 1 aliphatic carbocycles. The van der Waals surface area contributed by atoms with Crippen LogP contribution in [0, 0.1) is 16.0 Å². The van der Waals surface area contributed by atoms with Gasteiger partial charge in [-0.25, -0.2) is 0 Å². The maximum Gasteiger partial charge on any atom is 0.307 e. The monoisotopic (exact) mass is 209 g/mol. The Morgan fingerprint density at radius 3 is 2.87 bits per heavy atom. The van der Waals surface area contributed by atoms with Gasteiger partial charge in [0.05, 0.1) is 11.0 Å². The first-order valence-electron chi connectivity index (χ1n) is 5.37. The van der Waals surface area contributed by atoms with Crippen LogP contribution in [-0.4, -0.2) is 14.7 Å². The lowest BCUT2D eigenvalue weighted by molar-refractivity contribution is -0.385. The van der Waals surface area contributed by atoms with Crippen molar-refractivity contribution in [1.82, 2.24) is 9.78 Å². The average molecular weight is 209 g/mol. The number of aromatic nitrogens is 2. The molecule has 0 radical (unpaired) electrons. The number of nitrogens with zero attached hydrogens (tertiary/aromatic N) is 3. The second kappa shape index (κ2) is 4.00. The fourth-order valence-corrected chi connectivity index (χ4v) is 2.29. The minimum atomic E-state index is -0.392. The van der Waals surface area contributed by atoms with E-state index in [2.05, 4.69) is 12.0 Å². The number of nitro groups is 1. The fourth-order valence-electron chi connectivity index (χ4n) is 2.29. The van der Waals surface area contributed by atoms with E-state index in [1.807, 2.05) is 0 Å². The third-order valence-corrected chi connectivity index (χ3v) is 3.20. The highest BCUT2D eigenvalue weighted by atomic mass is 16.6. The predicted molar refractivity (Wildman–Crippen MR) is 55.6 cm³/mol. The van der Waals surface area contributed by atoms with Crippen molar-refractivity contribution in [2.45, 2.75) is 38.6 Å². The number of rotatable bonds is 2. The Hall–Kier alpha value is -1.39. The van der Waals surface area contributed by atoms with E-state index in [4.69, 9.17) is 0 Å². The van der Waals surface area contributed by atoms with Crippen molar-refractivity contribution in [3.05, 3.63) is 22.5 Å². The Kier molecular flexibility index (Phi) is 2.70. The van der Waals surface area contributed by atoms with Gasteiger partial charge < -0.3 is 0 Å². The van der Waals surface area contributed by atoms with Crippen LogP contribution >= 0.6 is 0 Å². The minimum absolute atomic E-state index is 0.0905. The molecule has 0 spiro atoms. The lowest BCUT2D eigenvalue weighted by Gasteiger charge is -2.28. The first kappa shape index (κ1) is 10.1. The van der Waals surface area contributed by atoms with Crippen molar-refractivity contribution in [3.8, 4) is 0 Å². The van der Waals surface area contributed by atoms with Gasteiger partial charge in [-0.15, -0.1) is 0 Å². The van der Waals surface area contributed by atoms with Crippen molar-refractivity contribution in [2.75, 3.05) is 0 Å².